The van der Waals surface area contributed by atoms with Gasteiger partial charge in [-0.15, -0.1) is 0 Å². The van der Waals surface area contributed by atoms with Crippen molar-refractivity contribution in [3.8, 4) is 5.75 Å². The monoisotopic (exact) mass is 392 g/mol. The number of anilines is 1. The molecule has 2 fully saturated rings. The van der Waals surface area contributed by atoms with Crippen LogP contribution < -0.4 is 10.1 Å². The minimum atomic E-state index is -0.265. The van der Waals surface area contributed by atoms with Gasteiger partial charge >= 0.3 is 0 Å². The molecule has 1 N–H and O–H groups in total. The van der Waals surface area contributed by atoms with Crippen LogP contribution in [0.5, 0.6) is 5.75 Å². The molecule has 29 heavy (non-hydrogen) atoms. The molecule has 1 aliphatic heterocycles. The summed E-state index contributed by atoms with van der Waals surface area (Å²) >= 11 is 0. The van der Waals surface area contributed by atoms with Crippen molar-refractivity contribution >= 4 is 17.5 Å². The minimum Gasteiger partial charge on any atom is -0.489 e. The van der Waals surface area contributed by atoms with E-state index in [0.29, 0.717) is 25.6 Å². The van der Waals surface area contributed by atoms with Crippen molar-refractivity contribution in [3.05, 3.63) is 60.2 Å². The molecule has 2 aromatic carbocycles. The summed E-state index contributed by atoms with van der Waals surface area (Å²) in [6.45, 7) is 1.06. The molecule has 1 heterocycles. The highest BCUT2D eigenvalue weighted by Gasteiger charge is 2.38. The number of nitrogens with one attached hydrogen (secondary N) is 1. The lowest BCUT2D eigenvalue weighted by Gasteiger charge is -2.31. The molecule has 1 aliphatic carbocycles. The highest BCUT2D eigenvalue weighted by molar-refractivity contribution is 5.97. The van der Waals surface area contributed by atoms with Crippen molar-refractivity contribution < 1.29 is 14.3 Å². The summed E-state index contributed by atoms with van der Waals surface area (Å²) in [6.07, 6.45) is 6.09. The van der Waals surface area contributed by atoms with E-state index in [0.717, 1.165) is 29.8 Å². The van der Waals surface area contributed by atoms with Gasteiger partial charge in [-0.1, -0.05) is 49.6 Å². The minimum absolute atomic E-state index is 0.0744. The lowest BCUT2D eigenvalue weighted by Crippen LogP contribution is -2.38. The van der Waals surface area contributed by atoms with Crippen molar-refractivity contribution in [2.75, 3.05) is 11.9 Å². The standard InChI is InChI=1S/C24H28N2O3/c27-23-15-19(16-26(23)21-9-5-2-6-10-21)24(28)25-20-11-13-22(14-12-20)29-17-18-7-3-1-4-8-18/h1,3-4,7-8,11-14,19,21H,2,5-6,9-10,15-17H2,(H,25,28)/t19-/m0/s1. The van der Waals surface area contributed by atoms with E-state index in [-0.39, 0.29) is 17.7 Å². The number of carbonyl (C=O) groups is 2. The number of benzene rings is 2. The van der Waals surface area contributed by atoms with Crippen molar-refractivity contribution in [1.29, 1.82) is 0 Å². The number of likely N-dealkylation sites (tertiary alicyclic amines) is 1. The molecular weight excluding hydrogens is 364 g/mol. The Morgan fingerprint density at radius 1 is 1.00 bits per heavy atom. The van der Waals surface area contributed by atoms with Gasteiger partial charge in [-0.2, -0.15) is 0 Å². The Kier molecular flexibility index (Phi) is 6.13. The van der Waals surface area contributed by atoms with Gasteiger partial charge in [0.15, 0.2) is 0 Å². The number of hydrogen-bond acceptors (Lipinski definition) is 3. The third-order valence-corrected chi connectivity index (χ3v) is 5.91. The van der Waals surface area contributed by atoms with E-state index in [2.05, 4.69) is 5.32 Å². The van der Waals surface area contributed by atoms with E-state index in [4.69, 9.17) is 4.74 Å². The third kappa shape index (κ3) is 4.97. The van der Waals surface area contributed by atoms with Crippen molar-refractivity contribution in [1.82, 2.24) is 4.90 Å². The highest BCUT2D eigenvalue weighted by Crippen LogP contribution is 2.29. The molecular formula is C24H28N2O3. The van der Waals surface area contributed by atoms with Crippen LogP contribution in [0.25, 0.3) is 0 Å². The molecule has 4 rings (SSSR count). The van der Waals surface area contributed by atoms with Gasteiger partial charge in [-0.05, 0) is 42.7 Å². The van der Waals surface area contributed by atoms with Gasteiger partial charge in [0, 0.05) is 24.7 Å². The quantitative estimate of drug-likeness (QED) is 0.793. The fourth-order valence-corrected chi connectivity index (χ4v) is 4.27. The molecule has 2 aromatic rings. The summed E-state index contributed by atoms with van der Waals surface area (Å²) < 4.78 is 5.78. The maximum atomic E-state index is 12.7. The van der Waals surface area contributed by atoms with E-state index in [9.17, 15) is 9.59 Å². The topological polar surface area (TPSA) is 58.6 Å². The van der Waals surface area contributed by atoms with E-state index >= 15 is 0 Å². The largest absolute Gasteiger partial charge is 0.489 e. The lowest BCUT2D eigenvalue weighted by atomic mass is 9.94. The molecule has 0 spiro atoms. The van der Waals surface area contributed by atoms with Crippen molar-refractivity contribution in [2.45, 2.75) is 51.2 Å². The zero-order chi connectivity index (χ0) is 20.1. The number of rotatable bonds is 6. The number of ether oxygens (including phenoxy) is 1. The first-order chi connectivity index (χ1) is 14.2. The summed E-state index contributed by atoms with van der Waals surface area (Å²) in [4.78, 5) is 27.0. The van der Waals surface area contributed by atoms with Crippen LogP contribution in [0, 0.1) is 5.92 Å². The van der Waals surface area contributed by atoms with Gasteiger partial charge < -0.3 is 15.0 Å². The van der Waals surface area contributed by atoms with E-state index in [1.165, 1.54) is 19.3 Å². The Hall–Kier alpha value is -2.82. The van der Waals surface area contributed by atoms with Crippen LogP contribution in [0.3, 0.4) is 0 Å². The second kappa shape index (κ2) is 9.12. The molecule has 1 saturated heterocycles. The molecule has 152 valence electrons. The van der Waals surface area contributed by atoms with Gasteiger partial charge in [0.1, 0.15) is 12.4 Å². The first kappa shape index (κ1) is 19.5. The normalized spacial score (nSPS) is 19.9. The van der Waals surface area contributed by atoms with Crippen LogP contribution in [0.15, 0.2) is 54.6 Å². The number of nitrogens with zero attached hydrogens (tertiary/aromatic N) is 1. The zero-order valence-corrected chi connectivity index (χ0v) is 16.7. The molecule has 1 saturated carbocycles. The summed E-state index contributed by atoms with van der Waals surface area (Å²) in [7, 11) is 0. The van der Waals surface area contributed by atoms with E-state index in [1.54, 1.807) is 0 Å². The Morgan fingerprint density at radius 2 is 1.72 bits per heavy atom. The number of carbonyl (C=O) groups excluding carboxylic acids is 2. The molecule has 1 atom stereocenters. The Morgan fingerprint density at radius 3 is 2.45 bits per heavy atom. The second-order valence-corrected chi connectivity index (χ2v) is 8.03. The van der Waals surface area contributed by atoms with Crippen molar-refractivity contribution in [2.24, 2.45) is 5.92 Å². The number of amides is 2. The highest BCUT2D eigenvalue weighted by atomic mass is 16.5. The van der Waals surface area contributed by atoms with Gasteiger partial charge in [-0.3, -0.25) is 9.59 Å². The third-order valence-electron chi connectivity index (χ3n) is 5.91. The SMILES string of the molecule is O=C(Nc1ccc(OCc2ccccc2)cc1)[C@H]1CC(=O)N(C2CCCCC2)C1. The van der Waals surface area contributed by atoms with E-state index in [1.807, 2.05) is 59.5 Å². The summed E-state index contributed by atoms with van der Waals surface area (Å²) in [5.74, 6) is 0.543. The summed E-state index contributed by atoms with van der Waals surface area (Å²) in [5.41, 5.74) is 1.84. The molecule has 0 aromatic heterocycles. The Labute approximate surface area is 172 Å². The molecule has 0 radical (unpaired) electrons. The summed E-state index contributed by atoms with van der Waals surface area (Å²) in [6, 6.07) is 17.7. The zero-order valence-electron chi connectivity index (χ0n) is 16.7. The van der Waals surface area contributed by atoms with Gasteiger partial charge in [-0.25, -0.2) is 0 Å². The fraction of sp³-hybridized carbons (Fsp3) is 0.417. The molecule has 2 amide bonds. The lowest BCUT2D eigenvalue weighted by molar-refractivity contribution is -0.130. The predicted octanol–water partition coefficient (Wildman–Crippen LogP) is 4.39. The maximum absolute atomic E-state index is 12.7. The predicted molar refractivity (Wildman–Crippen MR) is 113 cm³/mol. The summed E-state index contributed by atoms with van der Waals surface area (Å²) in [5, 5.41) is 2.96. The van der Waals surface area contributed by atoms with Crippen LogP contribution in [-0.4, -0.2) is 29.3 Å². The van der Waals surface area contributed by atoms with Crippen LogP contribution >= 0.6 is 0 Å². The maximum Gasteiger partial charge on any atom is 0.229 e. The first-order valence-electron chi connectivity index (χ1n) is 10.6. The van der Waals surface area contributed by atoms with Gasteiger partial charge in [0.2, 0.25) is 11.8 Å². The molecule has 0 unspecified atom stereocenters. The number of hydrogen-bond donors (Lipinski definition) is 1. The van der Waals surface area contributed by atoms with E-state index < -0.39 is 0 Å². The fourth-order valence-electron chi connectivity index (χ4n) is 4.27. The Bertz CT molecular complexity index is 829. The average molecular weight is 392 g/mol. The first-order valence-corrected chi connectivity index (χ1v) is 10.6. The molecule has 0 bridgehead atoms. The van der Waals surface area contributed by atoms with Gasteiger partial charge in [0.05, 0.1) is 5.92 Å². The average Bonchev–Trinajstić information content (AvgIpc) is 3.16. The molecule has 2 aliphatic rings. The smallest absolute Gasteiger partial charge is 0.229 e. The molecule has 5 nitrogen and oxygen atoms in total. The van der Waals surface area contributed by atoms with Crippen molar-refractivity contribution in [3.63, 3.8) is 0 Å². The molecule has 5 heteroatoms. The van der Waals surface area contributed by atoms with Gasteiger partial charge in [0.25, 0.3) is 0 Å². The second-order valence-electron chi connectivity index (χ2n) is 8.03. The van der Waals surface area contributed by atoms with Crippen LogP contribution in [0.4, 0.5) is 5.69 Å². The van der Waals surface area contributed by atoms with Crippen LogP contribution in [-0.2, 0) is 16.2 Å². The van der Waals surface area contributed by atoms with Crippen LogP contribution in [0.2, 0.25) is 0 Å². The Balaban J connectivity index is 1.28. The van der Waals surface area contributed by atoms with Crippen LogP contribution in [0.1, 0.15) is 44.1 Å².